The molecule has 0 saturated heterocycles. The van der Waals surface area contributed by atoms with E-state index in [1.807, 2.05) is 6.92 Å². The highest BCUT2D eigenvalue weighted by Gasteiger charge is 2.36. The van der Waals surface area contributed by atoms with Gasteiger partial charge in [0, 0.05) is 31.4 Å². The average Bonchev–Trinajstić information content (AvgIpc) is 3.38. The Labute approximate surface area is 179 Å². The standard InChI is InChI=1S/C21H18F4N6O/c1-3-30-15(8-9-26-30)12-29(2)20(32)17-11-19-27-16(13-4-6-14(22)7-5-13)10-18(21(23,24)25)31(19)28-17/h4-11H,3,12H2,1-2H3. The van der Waals surface area contributed by atoms with Gasteiger partial charge in [0.2, 0.25) is 0 Å². The third-order valence-corrected chi connectivity index (χ3v) is 4.93. The lowest BCUT2D eigenvalue weighted by molar-refractivity contribution is -0.142. The fourth-order valence-electron chi connectivity index (χ4n) is 3.34. The predicted molar refractivity (Wildman–Crippen MR) is 107 cm³/mol. The number of aromatic nitrogens is 5. The van der Waals surface area contributed by atoms with E-state index in [-0.39, 0.29) is 23.6 Å². The molecule has 0 aliphatic heterocycles. The summed E-state index contributed by atoms with van der Waals surface area (Å²) < 4.78 is 56.7. The van der Waals surface area contributed by atoms with E-state index in [1.54, 1.807) is 16.9 Å². The number of amides is 1. The normalized spacial score (nSPS) is 11.8. The van der Waals surface area contributed by atoms with Gasteiger partial charge in [-0.05, 0) is 43.3 Å². The number of halogens is 4. The van der Waals surface area contributed by atoms with Crippen LogP contribution in [0.5, 0.6) is 0 Å². The molecule has 11 heteroatoms. The van der Waals surface area contributed by atoms with Crippen LogP contribution in [-0.4, -0.2) is 42.2 Å². The molecule has 0 unspecified atom stereocenters. The molecule has 0 bridgehead atoms. The summed E-state index contributed by atoms with van der Waals surface area (Å²) in [6.45, 7) is 2.73. The molecule has 4 aromatic rings. The Morgan fingerprint density at radius 3 is 2.50 bits per heavy atom. The minimum Gasteiger partial charge on any atom is -0.334 e. The van der Waals surface area contributed by atoms with Gasteiger partial charge in [-0.25, -0.2) is 13.9 Å². The second-order valence-electron chi connectivity index (χ2n) is 7.13. The van der Waals surface area contributed by atoms with Crippen LogP contribution in [0.4, 0.5) is 17.6 Å². The van der Waals surface area contributed by atoms with E-state index in [9.17, 15) is 22.4 Å². The summed E-state index contributed by atoms with van der Waals surface area (Å²) >= 11 is 0. The number of fused-ring (bicyclic) bond motifs is 1. The molecule has 0 fully saturated rings. The first-order chi connectivity index (χ1) is 15.2. The van der Waals surface area contributed by atoms with Crippen molar-refractivity contribution in [2.24, 2.45) is 0 Å². The molecule has 0 radical (unpaired) electrons. The number of carbonyl (C=O) groups excluding carboxylic acids is 1. The quantitative estimate of drug-likeness (QED) is 0.434. The fraction of sp³-hybridized carbons (Fsp3) is 0.238. The highest BCUT2D eigenvalue weighted by molar-refractivity contribution is 5.93. The molecule has 1 aromatic carbocycles. The van der Waals surface area contributed by atoms with Crippen LogP contribution in [0.2, 0.25) is 0 Å². The molecule has 0 saturated carbocycles. The third kappa shape index (κ3) is 4.05. The van der Waals surface area contributed by atoms with Gasteiger partial charge < -0.3 is 4.90 Å². The first-order valence-corrected chi connectivity index (χ1v) is 9.67. The van der Waals surface area contributed by atoms with Crippen LogP contribution >= 0.6 is 0 Å². The molecule has 0 aliphatic carbocycles. The molecule has 166 valence electrons. The fourth-order valence-corrected chi connectivity index (χ4v) is 3.34. The third-order valence-electron chi connectivity index (χ3n) is 4.93. The number of nitrogens with zero attached hydrogens (tertiary/aromatic N) is 6. The monoisotopic (exact) mass is 446 g/mol. The molecular formula is C21H18F4N6O. The number of hydrogen-bond donors (Lipinski definition) is 0. The Balaban J connectivity index is 1.73. The zero-order chi connectivity index (χ0) is 23.0. The Kier molecular flexibility index (Phi) is 5.41. The van der Waals surface area contributed by atoms with Gasteiger partial charge in [-0.2, -0.15) is 23.4 Å². The second kappa shape index (κ2) is 8.06. The van der Waals surface area contributed by atoms with Gasteiger partial charge in [0.1, 0.15) is 5.82 Å². The predicted octanol–water partition coefficient (Wildman–Crippen LogP) is 4.04. The van der Waals surface area contributed by atoms with Crippen LogP contribution in [0.15, 0.2) is 48.7 Å². The summed E-state index contributed by atoms with van der Waals surface area (Å²) in [5.74, 6) is -1.08. The molecule has 0 spiro atoms. The summed E-state index contributed by atoms with van der Waals surface area (Å²) in [6, 6.07) is 8.73. The number of alkyl halides is 3. The largest absolute Gasteiger partial charge is 0.433 e. The molecule has 7 nitrogen and oxygen atoms in total. The topological polar surface area (TPSA) is 68.3 Å². The molecule has 0 atom stereocenters. The minimum atomic E-state index is -4.75. The molecular weight excluding hydrogens is 428 g/mol. The second-order valence-corrected chi connectivity index (χ2v) is 7.13. The van der Waals surface area contributed by atoms with E-state index in [0.717, 1.165) is 23.9 Å². The Bertz CT molecular complexity index is 1280. The van der Waals surface area contributed by atoms with E-state index in [2.05, 4.69) is 15.2 Å². The highest BCUT2D eigenvalue weighted by atomic mass is 19.4. The van der Waals surface area contributed by atoms with E-state index in [1.165, 1.54) is 30.1 Å². The highest BCUT2D eigenvalue weighted by Crippen LogP contribution is 2.32. The lowest BCUT2D eigenvalue weighted by Gasteiger charge is -2.16. The van der Waals surface area contributed by atoms with Gasteiger partial charge in [0.25, 0.3) is 5.91 Å². The van der Waals surface area contributed by atoms with Crippen molar-refractivity contribution in [2.75, 3.05) is 7.05 Å². The number of carbonyl (C=O) groups is 1. The summed E-state index contributed by atoms with van der Waals surface area (Å²) in [5.41, 5.74) is -0.339. The van der Waals surface area contributed by atoms with Gasteiger partial charge in [-0.3, -0.25) is 9.48 Å². The maximum absolute atomic E-state index is 13.7. The summed E-state index contributed by atoms with van der Waals surface area (Å²) in [7, 11) is 1.53. The van der Waals surface area contributed by atoms with E-state index < -0.39 is 23.6 Å². The zero-order valence-corrected chi connectivity index (χ0v) is 17.1. The first-order valence-electron chi connectivity index (χ1n) is 9.67. The lowest BCUT2D eigenvalue weighted by Crippen LogP contribution is -2.28. The number of hydrogen-bond acceptors (Lipinski definition) is 4. The summed E-state index contributed by atoms with van der Waals surface area (Å²) in [5, 5.41) is 8.02. The molecule has 0 aliphatic rings. The molecule has 3 heterocycles. The molecule has 1 amide bonds. The summed E-state index contributed by atoms with van der Waals surface area (Å²) in [4.78, 5) is 18.4. The number of rotatable bonds is 5. The smallest absolute Gasteiger partial charge is 0.334 e. The van der Waals surface area contributed by atoms with Crippen LogP contribution < -0.4 is 0 Å². The maximum atomic E-state index is 13.7. The van der Waals surface area contributed by atoms with E-state index in [0.29, 0.717) is 16.6 Å². The van der Waals surface area contributed by atoms with Crippen molar-refractivity contribution in [3.63, 3.8) is 0 Å². The van der Waals surface area contributed by atoms with Gasteiger partial charge in [-0.15, -0.1) is 0 Å². The van der Waals surface area contributed by atoms with Crippen molar-refractivity contribution < 1.29 is 22.4 Å². The molecule has 32 heavy (non-hydrogen) atoms. The molecule has 4 rings (SSSR count). The van der Waals surface area contributed by atoms with Crippen LogP contribution in [0, 0.1) is 5.82 Å². The van der Waals surface area contributed by atoms with Crippen molar-refractivity contribution in [1.82, 2.24) is 29.3 Å². The van der Waals surface area contributed by atoms with Crippen molar-refractivity contribution in [3.05, 3.63) is 71.6 Å². The maximum Gasteiger partial charge on any atom is 0.433 e. The van der Waals surface area contributed by atoms with Crippen LogP contribution in [0.1, 0.15) is 28.8 Å². The van der Waals surface area contributed by atoms with Crippen molar-refractivity contribution in [3.8, 4) is 11.3 Å². The molecule has 0 N–H and O–H groups in total. The van der Waals surface area contributed by atoms with Crippen LogP contribution in [0.3, 0.4) is 0 Å². The Hall–Kier alpha value is -3.76. The van der Waals surface area contributed by atoms with Crippen molar-refractivity contribution in [2.45, 2.75) is 26.2 Å². The van der Waals surface area contributed by atoms with E-state index in [4.69, 9.17) is 0 Å². The van der Waals surface area contributed by atoms with Gasteiger partial charge in [0.05, 0.1) is 17.9 Å². The van der Waals surface area contributed by atoms with Gasteiger partial charge >= 0.3 is 6.18 Å². The SMILES string of the molecule is CCn1nccc1CN(C)C(=O)c1cc2nc(-c3ccc(F)cc3)cc(C(F)(F)F)n2n1. The van der Waals surface area contributed by atoms with Crippen molar-refractivity contribution in [1.29, 1.82) is 0 Å². The van der Waals surface area contributed by atoms with Crippen molar-refractivity contribution >= 4 is 11.6 Å². The minimum absolute atomic E-state index is 0.0103. The number of benzene rings is 1. The Morgan fingerprint density at radius 2 is 1.84 bits per heavy atom. The first kappa shape index (κ1) is 21.5. The van der Waals surface area contributed by atoms with Crippen LogP contribution in [-0.2, 0) is 19.3 Å². The average molecular weight is 446 g/mol. The Morgan fingerprint density at radius 1 is 1.12 bits per heavy atom. The van der Waals surface area contributed by atoms with Crippen LogP contribution in [0.25, 0.3) is 16.9 Å². The lowest BCUT2D eigenvalue weighted by atomic mass is 10.1. The zero-order valence-electron chi connectivity index (χ0n) is 17.1. The van der Waals surface area contributed by atoms with Gasteiger partial charge in [-0.1, -0.05) is 0 Å². The van der Waals surface area contributed by atoms with Gasteiger partial charge in [0.15, 0.2) is 17.0 Å². The summed E-state index contributed by atoms with van der Waals surface area (Å²) in [6.07, 6.45) is -3.14. The molecule has 3 aromatic heterocycles. The van der Waals surface area contributed by atoms with E-state index >= 15 is 0 Å². The number of aryl methyl sites for hydroxylation is 1.